The average Bonchev–Trinajstić information content (AvgIpc) is 2.46. The fourth-order valence-corrected chi connectivity index (χ4v) is 2.18. The molecule has 0 atom stereocenters. The molecule has 100 valence electrons. The van der Waals surface area contributed by atoms with E-state index in [0.717, 1.165) is 10.0 Å². The summed E-state index contributed by atoms with van der Waals surface area (Å²) >= 11 is 3.29. The molecule has 0 amide bonds. The van der Waals surface area contributed by atoms with Gasteiger partial charge in [0.1, 0.15) is 11.8 Å². The standard InChI is InChI=1S/C16H12BrNO2/c1-11-4-2-3-5-14(11)15(19)10-20-16-7-6-13(17)8-12(16)9-18/h2-8H,10H2,1H3. The summed E-state index contributed by atoms with van der Waals surface area (Å²) in [5.41, 5.74) is 1.96. The van der Waals surface area contributed by atoms with Crippen molar-refractivity contribution in [2.75, 3.05) is 6.61 Å². The van der Waals surface area contributed by atoms with Gasteiger partial charge in [-0.3, -0.25) is 4.79 Å². The zero-order chi connectivity index (χ0) is 14.5. The van der Waals surface area contributed by atoms with E-state index in [2.05, 4.69) is 15.9 Å². The maximum Gasteiger partial charge on any atom is 0.200 e. The fraction of sp³-hybridized carbons (Fsp3) is 0.125. The van der Waals surface area contributed by atoms with Crippen molar-refractivity contribution in [1.82, 2.24) is 0 Å². The molecule has 2 aromatic carbocycles. The lowest BCUT2D eigenvalue weighted by atomic mass is 10.1. The molecule has 2 aromatic rings. The van der Waals surface area contributed by atoms with E-state index in [4.69, 9.17) is 10.00 Å². The van der Waals surface area contributed by atoms with Gasteiger partial charge in [-0.2, -0.15) is 5.26 Å². The first-order chi connectivity index (χ1) is 9.61. The maximum atomic E-state index is 12.1. The number of benzene rings is 2. The number of Topliss-reactive ketones (excluding diaryl/α,β-unsaturated/α-hetero) is 1. The molecule has 20 heavy (non-hydrogen) atoms. The summed E-state index contributed by atoms with van der Waals surface area (Å²) in [7, 11) is 0. The molecule has 0 fully saturated rings. The molecule has 0 saturated carbocycles. The third-order valence-corrected chi connectivity index (χ3v) is 3.36. The van der Waals surface area contributed by atoms with Crippen molar-refractivity contribution in [3.05, 3.63) is 63.6 Å². The van der Waals surface area contributed by atoms with Crippen LogP contribution in [0.2, 0.25) is 0 Å². The van der Waals surface area contributed by atoms with Crippen LogP contribution in [0.3, 0.4) is 0 Å². The summed E-state index contributed by atoms with van der Waals surface area (Å²) in [4.78, 5) is 12.1. The molecule has 0 aliphatic rings. The Kier molecular flexibility index (Phi) is 4.54. The van der Waals surface area contributed by atoms with Gasteiger partial charge in [0.15, 0.2) is 12.4 Å². The molecule has 0 N–H and O–H groups in total. The quantitative estimate of drug-likeness (QED) is 0.799. The van der Waals surface area contributed by atoms with Gasteiger partial charge in [0.05, 0.1) is 5.56 Å². The van der Waals surface area contributed by atoms with Gasteiger partial charge in [-0.1, -0.05) is 40.2 Å². The molecule has 3 nitrogen and oxygen atoms in total. The van der Waals surface area contributed by atoms with Gasteiger partial charge in [-0.05, 0) is 30.7 Å². The Morgan fingerprint density at radius 1 is 1.30 bits per heavy atom. The monoisotopic (exact) mass is 329 g/mol. The van der Waals surface area contributed by atoms with Crippen molar-refractivity contribution >= 4 is 21.7 Å². The van der Waals surface area contributed by atoms with E-state index in [9.17, 15) is 4.79 Å². The van der Waals surface area contributed by atoms with Gasteiger partial charge in [0, 0.05) is 10.0 Å². The average molecular weight is 330 g/mol. The van der Waals surface area contributed by atoms with Gasteiger partial charge in [0.2, 0.25) is 0 Å². The first-order valence-corrected chi connectivity index (χ1v) is 6.82. The summed E-state index contributed by atoms with van der Waals surface area (Å²) in [6.07, 6.45) is 0. The largest absolute Gasteiger partial charge is 0.484 e. The second kappa shape index (κ2) is 6.36. The van der Waals surface area contributed by atoms with Crippen LogP contribution in [0.15, 0.2) is 46.9 Å². The number of aryl methyl sites for hydroxylation is 1. The highest BCUT2D eigenvalue weighted by Gasteiger charge is 2.11. The predicted octanol–water partition coefficient (Wildman–Crippen LogP) is 3.89. The Morgan fingerprint density at radius 2 is 2.05 bits per heavy atom. The minimum Gasteiger partial charge on any atom is -0.484 e. The van der Waals surface area contributed by atoms with E-state index in [-0.39, 0.29) is 12.4 Å². The van der Waals surface area contributed by atoms with E-state index in [0.29, 0.717) is 16.9 Å². The highest BCUT2D eigenvalue weighted by molar-refractivity contribution is 9.10. The van der Waals surface area contributed by atoms with Crippen molar-refractivity contribution in [2.45, 2.75) is 6.92 Å². The molecule has 0 aromatic heterocycles. The van der Waals surface area contributed by atoms with Crippen molar-refractivity contribution in [2.24, 2.45) is 0 Å². The van der Waals surface area contributed by atoms with Crippen LogP contribution in [0.25, 0.3) is 0 Å². The summed E-state index contributed by atoms with van der Waals surface area (Å²) in [6.45, 7) is 1.80. The smallest absolute Gasteiger partial charge is 0.200 e. The molecule has 0 aliphatic heterocycles. The first-order valence-electron chi connectivity index (χ1n) is 6.03. The predicted molar refractivity (Wildman–Crippen MR) is 79.9 cm³/mol. The van der Waals surface area contributed by atoms with Crippen molar-refractivity contribution in [3.63, 3.8) is 0 Å². The molecule has 0 bridgehead atoms. The maximum absolute atomic E-state index is 12.1. The minimum absolute atomic E-state index is 0.0822. The van der Waals surface area contributed by atoms with Gasteiger partial charge < -0.3 is 4.74 Å². The topological polar surface area (TPSA) is 50.1 Å². The number of carbonyl (C=O) groups excluding carboxylic acids is 1. The number of halogens is 1. The Labute approximate surface area is 125 Å². The van der Waals surface area contributed by atoms with Crippen molar-refractivity contribution in [1.29, 1.82) is 5.26 Å². The van der Waals surface area contributed by atoms with Gasteiger partial charge in [0.25, 0.3) is 0 Å². The normalized spacial score (nSPS) is 9.85. The van der Waals surface area contributed by atoms with Crippen molar-refractivity contribution < 1.29 is 9.53 Å². The number of rotatable bonds is 4. The molecule has 2 rings (SSSR count). The summed E-state index contributed by atoms with van der Waals surface area (Å²) in [5, 5.41) is 9.03. The second-order valence-corrected chi connectivity index (χ2v) is 5.19. The number of hydrogen-bond acceptors (Lipinski definition) is 3. The van der Waals surface area contributed by atoms with Gasteiger partial charge in [-0.25, -0.2) is 0 Å². The molecule has 0 saturated heterocycles. The van der Waals surface area contributed by atoms with E-state index in [1.807, 2.05) is 31.2 Å². The van der Waals surface area contributed by atoms with Crippen LogP contribution in [0.4, 0.5) is 0 Å². The Bertz CT molecular complexity index is 689. The van der Waals surface area contributed by atoms with Crippen LogP contribution in [0, 0.1) is 18.3 Å². The molecule has 0 radical (unpaired) electrons. The second-order valence-electron chi connectivity index (χ2n) is 4.28. The lowest BCUT2D eigenvalue weighted by Gasteiger charge is -2.08. The number of ketones is 1. The van der Waals surface area contributed by atoms with E-state index in [1.54, 1.807) is 24.3 Å². The minimum atomic E-state index is -0.102. The number of nitrogens with zero attached hydrogens (tertiary/aromatic N) is 1. The lowest BCUT2D eigenvalue weighted by molar-refractivity contribution is 0.0920. The number of carbonyl (C=O) groups is 1. The Morgan fingerprint density at radius 3 is 2.75 bits per heavy atom. The zero-order valence-corrected chi connectivity index (χ0v) is 12.5. The van der Waals surface area contributed by atoms with E-state index < -0.39 is 0 Å². The summed E-state index contributed by atoms with van der Waals surface area (Å²) in [6, 6.07) is 14.5. The van der Waals surface area contributed by atoms with Crippen LogP contribution in [0.1, 0.15) is 21.5 Å². The van der Waals surface area contributed by atoms with Crippen LogP contribution < -0.4 is 4.74 Å². The van der Waals surface area contributed by atoms with Crippen LogP contribution in [-0.2, 0) is 0 Å². The molecule has 0 spiro atoms. The highest BCUT2D eigenvalue weighted by Crippen LogP contribution is 2.22. The van der Waals surface area contributed by atoms with Crippen LogP contribution in [-0.4, -0.2) is 12.4 Å². The third kappa shape index (κ3) is 3.25. The molecular weight excluding hydrogens is 318 g/mol. The summed E-state index contributed by atoms with van der Waals surface area (Å²) < 4.78 is 6.26. The number of ether oxygens (including phenoxy) is 1. The number of hydrogen-bond donors (Lipinski definition) is 0. The third-order valence-electron chi connectivity index (χ3n) is 2.87. The van der Waals surface area contributed by atoms with Crippen LogP contribution in [0.5, 0.6) is 5.75 Å². The molecule has 0 heterocycles. The molecular formula is C16H12BrNO2. The lowest BCUT2D eigenvalue weighted by Crippen LogP contribution is -2.13. The fourth-order valence-electron chi connectivity index (χ4n) is 1.82. The SMILES string of the molecule is Cc1ccccc1C(=O)COc1ccc(Br)cc1C#N. The Balaban J connectivity index is 2.12. The summed E-state index contributed by atoms with van der Waals surface area (Å²) in [5.74, 6) is 0.313. The first kappa shape index (κ1) is 14.3. The van der Waals surface area contributed by atoms with Crippen LogP contribution >= 0.6 is 15.9 Å². The van der Waals surface area contributed by atoms with Gasteiger partial charge >= 0.3 is 0 Å². The molecule has 0 unspecified atom stereocenters. The molecule has 0 aliphatic carbocycles. The number of nitriles is 1. The van der Waals surface area contributed by atoms with E-state index in [1.165, 1.54) is 0 Å². The zero-order valence-electron chi connectivity index (χ0n) is 10.9. The van der Waals surface area contributed by atoms with Gasteiger partial charge in [-0.15, -0.1) is 0 Å². The Hall–Kier alpha value is -2.12. The van der Waals surface area contributed by atoms with Crippen molar-refractivity contribution in [3.8, 4) is 11.8 Å². The van der Waals surface area contributed by atoms with E-state index >= 15 is 0 Å². The molecule has 4 heteroatoms. The highest BCUT2D eigenvalue weighted by atomic mass is 79.9.